The van der Waals surface area contributed by atoms with Crippen molar-refractivity contribution < 1.29 is 9.35 Å². The third kappa shape index (κ3) is 4.56. The van der Waals surface area contributed by atoms with Gasteiger partial charge in [-0.2, -0.15) is 0 Å². The van der Waals surface area contributed by atoms with Gasteiger partial charge in [0.1, 0.15) is 17.3 Å². The highest BCUT2D eigenvalue weighted by Gasteiger charge is 2.35. The Morgan fingerprint density at radius 1 is 1.29 bits per heavy atom. The maximum Gasteiger partial charge on any atom is 0.319 e. The van der Waals surface area contributed by atoms with Crippen molar-refractivity contribution >= 4 is 28.7 Å². The average molecular weight is 402 g/mol. The van der Waals surface area contributed by atoms with Crippen molar-refractivity contribution in [3.05, 3.63) is 36.0 Å². The van der Waals surface area contributed by atoms with E-state index in [4.69, 9.17) is 5.73 Å². The van der Waals surface area contributed by atoms with Gasteiger partial charge in [0, 0.05) is 23.4 Å². The van der Waals surface area contributed by atoms with Crippen molar-refractivity contribution in [2.45, 2.75) is 50.8 Å². The number of nitrogen functional groups attached to an aromatic ring is 1. The molecule has 0 saturated heterocycles. The summed E-state index contributed by atoms with van der Waals surface area (Å²) in [5, 5.41) is 5.77. The molecule has 1 aromatic heterocycles. The Morgan fingerprint density at radius 2 is 1.96 bits per heavy atom. The van der Waals surface area contributed by atoms with Gasteiger partial charge >= 0.3 is 6.03 Å². The number of nitrogens with two attached hydrogens (primary N) is 1. The molecule has 8 heteroatoms. The second kappa shape index (κ2) is 8.36. The van der Waals surface area contributed by atoms with Gasteiger partial charge in [0.15, 0.2) is 10.6 Å². The standard InChI is InChI=1S/C20H27N5O2S/c1-4-28(27)20(2,3)16-12-17(21)25-18(24-16)13-8-10-15(11-9-13)23-19(26)22-14-6-5-7-14/h8-12,14H,4-7H2,1-3H3,(H2,21,24,25)(H2,22,23,26). The molecule has 0 radical (unpaired) electrons. The number of amides is 2. The normalized spacial score (nSPS) is 15.6. The lowest BCUT2D eigenvalue weighted by Crippen LogP contribution is -2.41. The molecule has 1 aliphatic carbocycles. The molecule has 2 amide bonds. The Bertz CT molecular complexity index is 837. The Balaban J connectivity index is 1.77. The van der Waals surface area contributed by atoms with E-state index in [0.717, 1.165) is 18.4 Å². The summed E-state index contributed by atoms with van der Waals surface area (Å²) in [5.41, 5.74) is 8.10. The fraction of sp³-hybridized carbons (Fsp3) is 0.450. The molecule has 0 spiro atoms. The average Bonchev–Trinajstić information content (AvgIpc) is 2.64. The largest absolute Gasteiger partial charge is 0.616 e. The van der Waals surface area contributed by atoms with Gasteiger partial charge in [0.25, 0.3) is 0 Å². The molecule has 1 saturated carbocycles. The van der Waals surface area contributed by atoms with Gasteiger partial charge < -0.3 is 20.9 Å². The van der Waals surface area contributed by atoms with Crippen LogP contribution >= 0.6 is 0 Å². The smallest absolute Gasteiger partial charge is 0.319 e. The van der Waals surface area contributed by atoms with Gasteiger partial charge in [-0.15, -0.1) is 0 Å². The van der Waals surface area contributed by atoms with Crippen LogP contribution in [0.2, 0.25) is 0 Å². The number of hydrogen-bond donors (Lipinski definition) is 3. The SMILES string of the molecule is CC[S+]([O-])C(C)(C)c1cc(N)nc(-c2ccc(NC(=O)NC3CCC3)cc2)n1. The van der Waals surface area contributed by atoms with E-state index in [9.17, 15) is 9.35 Å². The second-order valence-electron chi connectivity index (χ2n) is 7.45. The predicted molar refractivity (Wildman–Crippen MR) is 113 cm³/mol. The van der Waals surface area contributed by atoms with Gasteiger partial charge in [-0.25, -0.2) is 14.8 Å². The molecular weight excluding hydrogens is 374 g/mol. The summed E-state index contributed by atoms with van der Waals surface area (Å²) >= 11 is -1.07. The zero-order valence-corrected chi connectivity index (χ0v) is 17.3. The summed E-state index contributed by atoms with van der Waals surface area (Å²) in [7, 11) is 0. The van der Waals surface area contributed by atoms with Crippen LogP contribution in [0.5, 0.6) is 0 Å². The highest BCUT2D eigenvalue weighted by atomic mass is 32.2. The molecule has 4 N–H and O–H groups in total. The molecule has 150 valence electrons. The van der Waals surface area contributed by atoms with Crippen molar-refractivity contribution in [2.24, 2.45) is 0 Å². The highest BCUT2D eigenvalue weighted by molar-refractivity contribution is 7.92. The Labute approximate surface area is 168 Å². The van der Waals surface area contributed by atoms with Gasteiger partial charge in [-0.05, 0) is 75.5 Å². The van der Waals surface area contributed by atoms with Crippen molar-refractivity contribution in [3.63, 3.8) is 0 Å². The number of hydrogen-bond acceptors (Lipinski definition) is 5. The number of nitrogens with one attached hydrogen (secondary N) is 2. The molecule has 1 heterocycles. The number of urea groups is 1. The van der Waals surface area contributed by atoms with Gasteiger partial charge in [0.2, 0.25) is 0 Å². The number of benzene rings is 1. The van der Waals surface area contributed by atoms with Crippen LogP contribution in [-0.4, -0.2) is 32.3 Å². The Kier molecular flexibility index (Phi) is 6.10. The summed E-state index contributed by atoms with van der Waals surface area (Å²) < 4.78 is 11.8. The first-order chi connectivity index (χ1) is 13.3. The monoisotopic (exact) mass is 401 g/mol. The molecule has 1 unspecified atom stereocenters. The van der Waals surface area contributed by atoms with E-state index in [1.54, 1.807) is 18.2 Å². The van der Waals surface area contributed by atoms with Crippen LogP contribution in [-0.2, 0) is 15.9 Å². The van der Waals surface area contributed by atoms with Crippen LogP contribution in [0.1, 0.15) is 45.7 Å². The summed E-state index contributed by atoms with van der Waals surface area (Å²) in [4.78, 5) is 20.9. The van der Waals surface area contributed by atoms with Crippen molar-refractivity contribution in [1.29, 1.82) is 0 Å². The number of nitrogens with zero attached hydrogens (tertiary/aromatic N) is 2. The van der Waals surface area contributed by atoms with E-state index in [2.05, 4.69) is 20.6 Å². The fourth-order valence-corrected chi connectivity index (χ4v) is 4.05. The quantitative estimate of drug-likeness (QED) is 0.642. The molecule has 1 fully saturated rings. The van der Waals surface area contributed by atoms with Crippen LogP contribution in [0.25, 0.3) is 11.4 Å². The van der Waals surface area contributed by atoms with Crippen LogP contribution in [0.4, 0.5) is 16.3 Å². The van der Waals surface area contributed by atoms with E-state index >= 15 is 0 Å². The maximum absolute atomic E-state index is 12.4. The molecule has 0 bridgehead atoms. The van der Waals surface area contributed by atoms with Crippen molar-refractivity contribution in [1.82, 2.24) is 15.3 Å². The van der Waals surface area contributed by atoms with E-state index in [-0.39, 0.29) is 12.1 Å². The zero-order chi connectivity index (χ0) is 20.3. The lowest BCUT2D eigenvalue weighted by atomic mass is 9.93. The fourth-order valence-electron chi connectivity index (χ4n) is 2.99. The molecular formula is C20H27N5O2S. The molecule has 0 aliphatic heterocycles. The summed E-state index contributed by atoms with van der Waals surface area (Å²) in [6.45, 7) is 5.67. The van der Waals surface area contributed by atoms with Gasteiger partial charge in [-0.3, -0.25) is 0 Å². The molecule has 7 nitrogen and oxygen atoms in total. The number of anilines is 2. The summed E-state index contributed by atoms with van der Waals surface area (Å²) in [6.07, 6.45) is 3.26. The minimum absolute atomic E-state index is 0.191. The third-order valence-electron chi connectivity index (χ3n) is 5.04. The number of carbonyl (C=O) groups excluding carboxylic acids is 1. The van der Waals surface area contributed by atoms with Crippen molar-refractivity contribution in [3.8, 4) is 11.4 Å². The molecule has 1 atom stereocenters. The highest BCUT2D eigenvalue weighted by Crippen LogP contribution is 2.31. The minimum atomic E-state index is -1.07. The molecule has 3 rings (SSSR count). The number of carbonyl (C=O) groups is 1. The first-order valence-electron chi connectivity index (χ1n) is 9.51. The lowest BCUT2D eigenvalue weighted by molar-refractivity contribution is 0.240. The van der Waals surface area contributed by atoms with E-state index < -0.39 is 15.9 Å². The number of aromatic nitrogens is 2. The van der Waals surface area contributed by atoms with E-state index in [1.807, 2.05) is 32.9 Å². The Morgan fingerprint density at radius 3 is 2.54 bits per heavy atom. The topological polar surface area (TPSA) is 116 Å². The third-order valence-corrected chi connectivity index (χ3v) is 6.91. The van der Waals surface area contributed by atoms with Crippen LogP contribution < -0.4 is 16.4 Å². The molecule has 28 heavy (non-hydrogen) atoms. The Hall–Kier alpha value is -2.32. The first kappa shape index (κ1) is 20.4. The van der Waals surface area contributed by atoms with Crippen LogP contribution in [0.15, 0.2) is 30.3 Å². The van der Waals surface area contributed by atoms with Crippen LogP contribution in [0, 0.1) is 0 Å². The minimum Gasteiger partial charge on any atom is -0.616 e. The molecule has 1 aromatic carbocycles. The van der Waals surface area contributed by atoms with Crippen LogP contribution in [0.3, 0.4) is 0 Å². The first-order valence-corrected chi connectivity index (χ1v) is 10.8. The molecule has 1 aliphatic rings. The zero-order valence-electron chi connectivity index (χ0n) is 16.5. The maximum atomic E-state index is 12.4. The van der Waals surface area contributed by atoms with Gasteiger partial charge in [-0.1, -0.05) is 0 Å². The predicted octanol–water partition coefficient (Wildman–Crippen LogP) is 3.40. The second-order valence-corrected chi connectivity index (χ2v) is 9.74. The van der Waals surface area contributed by atoms with Crippen molar-refractivity contribution in [2.75, 3.05) is 16.8 Å². The lowest BCUT2D eigenvalue weighted by Gasteiger charge is -2.27. The summed E-state index contributed by atoms with van der Waals surface area (Å²) in [6, 6.07) is 9.05. The van der Waals surface area contributed by atoms with Gasteiger partial charge in [0.05, 0.1) is 0 Å². The number of rotatable bonds is 6. The molecule has 2 aromatic rings. The summed E-state index contributed by atoms with van der Waals surface area (Å²) in [5.74, 6) is 1.35. The van der Waals surface area contributed by atoms with E-state index in [1.165, 1.54) is 6.42 Å². The van der Waals surface area contributed by atoms with E-state index in [0.29, 0.717) is 28.8 Å².